The lowest BCUT2D eigenvalue weighted by atomic mass is 9.96. The summed E-state index contributed by atoms with van der Waals surface area (Å²) in [6, 6.07) is 0. The van der Waals surface area contributed by atoms with E-state index in [0.717, 1.165) is 0 Å². The second-order valence-corrected chi connectivity index (χ2v) is 5.50. The fraction of sp³-hybridized carbons (Fsp3) is 1.00. The van der Waals surface area contributed by atoms with Crippen molar-refractivity contribution in [2.24, 2.45) is 0 Å². The normalized spacial score (nSPS) is 16.1. The zero-order valence-corrected chi connectivity index (χ0v) is 11.1. The van der Waals surface area contributed by atoms with Gasteiger partial charge < -0.3 is 0 Å². The minimum atomic E-state index is -5.93. The number of alkyl halides is 8. The largest absolute Gasteiger partial charge is 0.431 e. The third kappa shape index (κ3) is 4.44. The van der Waals surface area contributed by atoms with Gasteiger partial charge in [0.2, 0.25) is 0 Å². The van der Waals surface area contributed by atoms with E-state index in [0.29, 0.717) is 12.8 Å². The third-order valence-corrected chi connectivity index (χ3v) is 3.34. The first-order valence-electron chi connectivity index (χ1n) is 4.92. The smallest absolute Gasteiger partial charge is 0.224 e. The quantitative estimate of drug-likeness (QED) is 0.349. The van der Waals surface area contributed by atoms with Crippen molar-refractivity contribution in [1.29, 1.82) is 0 Å². The Morgan fingerprint density at radius 2 is 1.35 bits per heavy atom. The molecule has 0 heterocycles. The van der Waals surface area contributed by atoms with Crippen LogP contribution in [0, 0.1) is 0 Å². The van der Waals surface area contributed by atoms with Gasteiger partial charge in [0, 0.05) is 10.3 Å². The van der Waals surface area contributed by atoms with E-state index < -0.39 is 28.4 Å². The van der Waals surface area contributed by atoms with E-state index in [1.54, 1.807) is 6.92 Å². The molecule has 0 aliphatic carbocycles. The summed E-state index contributed by atoms with van der Waals surface area (Å²) in [5.41, 5.74) is -5.11. The molecule has 0 fully saturated rings. The summed E-state index contributed by atoms with van der Waals surface area (Å²) >= 11 is 1.43. The summed E-state index contributed by atoms with van der Waals surface area (Å²) in [6.07, 6.45) is -12.2. The average Bonchev–Trinajstić information content (AvgIpc) is 2.10. The van der Waals surface area contributed by atoms with Gasteiger partial charge >= 0.3 is 12.4 Å². The Balaban J connectivity index is 4.86. The highest BCUT2D eigenvalue weighted by Gasteiger charge is 2.72. The summed E-state index contributed by atoms with van der Waals surface area (Å²) in [5, 5.41) is 0. The predicted octanol–water partition coefficient (Wildman–Crippen LogP) is 5.20. The van der Waals surface area contributed by atoms with Gasteiger partial charge in [-0.3, -0.25) is 0 Å². The highest BCUT2D eigenvalue weighted by atomic mass is 127. The molecule has 17 heavy (non-hydrogen) atoms. The van der Waals surface area contributed by atoms with Gasteiger partial charge in [0.05, 0.1) is 0 Å². The number of hydrogen-bond donors (Lipinski definition) is 0. The van der Waals surface area contributed by atoms with Gasteiger partial charge in [-0.25, -0.2) is 4.39 Å². The molecule has 1 atom stereocenters. The number of hydrogen-bond acceptors (Lipinski definition) is 0. The highest BCUT2D eigenvalue weighted by Crippen LogP contribution is 2.50. The maximum atomic E-state index is 13.2. The molecular weight excluding hydrogens is 368 g/mol. The van der Waals surface area contributed by atoms with Crippen LogP contribution < -0.4 is 0 Å². The molecule has 104 valence electrons. The molecule has 0 aromatic rings. The van der Waals surface area contributed by atoms with Crippen LogP contribution in [0.3, 0.4) is 0 Å². The molecule has 0 saturated heterocycles. The molecule has 1 unspecified atom stereocenters. The van der Waals surface area contributed by atoms with Crippen LogP contribution in [-0.2, 0) is 0 Å². The SMILES string of the molecule is CCCCC(I)CC(F)(C(F)(F)F)C(F)(F)F. The number of halogens is 8. The summed E-state index contributed by atoms with van der Waals surface area (Å²) < 4.78 is 85.3. The van der Waals surface area contributed by atoms with Crippen LogP contribution >= 0.6 is 22.6 Å². The Morgan fingerprint density at radius 3 is 1.65 bits per heavy atom. The van der Waals surface area contributed by atoms with Crippen molar-refractivity contribution in [3.05, 3.63) is 0 Å². The van der Waals surface area contributed by atoms with E-state index in [4.69, 9.17) is 0 Å². The van der Waals surface area contributed by atoms with Crippen LogP contribution in [0.1, 0.15) is 32.6 Å². The Hall–Kier alpha value is 0.240. The van der Waals surface area contributed by atoms with Crippen molar-refractivity contribution in [1.82, 2.24) is 0 Å². The first-order valence-corrected chi connectivity index (χ1v) is 6.16. The van der Waals surface area contributed by atoms with E-state index in [2.05, 4.69) is 0 Å². The van der Waals surface area contributed by atoms with Gasteiger partial charge in [-0.1, -0.05) is 42.4 Å². The van der Waals surface area contributed by atoms with E-state index >= 15 is 0 Å². The van der Waals surface area contributed by atoms with Crippen molar-refractivity contribution in [2.45, 2.75) is 54.6 Å². The number of unbranched alkanes of at least 4 members (excludes halogenated alkanes) is 1. The molecule has 0 radical (unpaired) electrons. The lowest BCUT2D eigenvalue weighted by Crippen LogP contribution is -2.54. The molecule has 0 amide bonds. The summed E-state index contributed by atoms with van der Waals surface area (Å²) in [5.74, 6) is 0. The van der Waals surface area contributed by atoms with Crippen LogP contribution in [0.5, 0.6) is 0 Å². The fourth-order valence-electron chi connectivity index (χ4n) is 1.23. The average molecular weight is 380 g/mol. The lowest BCUT2D eigenvalue weighted by molar-refractivity contribution is -0.342. The van der Waals surface area contributed by atoms with Crippen LogP contribution in [0.15, 0.2) is 0 Å². The molecule has 8 heteroatoms. The van der Waals surface area contributed by atoms with Crippen LogP contribution in [0.2, 0.25) is 0 Å². The minimum Gasteiger partial charge on any atom is -0.224 e. The van der Waals surface area contributed by atoms with E-state index in [9.17, 15) is 30.7 Å². The van der Waals surface area contributed by atoms with E-state index in [1.807, 2.05) is 0 Å². The Bertz CT molecular complexity index is 218. The first kappa shape index (κ1) is 17.2. The molecule has 0 spiro atoms. The van der Waals surface area contributed by atoms with Crippen LogP contribution in [0.25, 0.3) is 0 Å². The van der Waals surface area contributed by atoms with Crippen molar-refractivity contribution < 1.29 is 30.7 Å². The summed E-state index contributed by atoms with van der Waals surface area (Å²) in [7, 11) is 0. The molecule has 0 aliphatic rings. The van der Waals surface area contributed by atoms with Crippen molar-refractivity contribution in [3.8, 4) is 0 Å². The monoisotopic (exact) mass is 380 g/mol. The van der Waals surface area contributed by atoms with Crippen LogP contribution in [-0.4, -0.2) is 21.9 Å². The molecule has 0 aromatic heterocycles. The van der Waals surface area contributed by atoms with Gasteiger partial charge in [0.15, 0.2) is 0 Å². The van der Waals surface area contributed by atoms with Crippen molar-refractivity contribution >= 4 is 22.6 Å². The molecular formula is C9H12F7I. The van der Waals surface area contributed by atoms with Gasteiger partial charge in [-0.2, -0.15) is 26.3 Å². The molecule has 0 aliphatic heterocycles. The van der Waals surface area contributed by atoms with E-state index in [-0.39, 0.29) is 6.42 Å². The molecule has 0 aromatic carbocycles. The molecule has 0 saturated carbocycles. The maximum absolute atomic E-state index is 13.2. The molecule has 0 N–H and O–H groups in total. The second kappa shape index (κ2) is 5.92. The molecule has 0 bridgehead atoms. The van der Waals surface area contributed by atoms with Gasteiger partial charge in [-0.05, 0) is 6.42 Å². The Morgan fingerprint density at radius 1 is 0.941 bits per heavy atom. The Kier molecular flexibility index (Phi) is 6.00. The molecule has 0 rings (SSSR count). The lowest BCUT2D eigenvalue weighted by Gasteiger charge is -2.31. The third-order valence-electron chi connectivity index (χ3n) is 2.27. The topological polar surface area (TPSA) is 0 Å². The zero-order chi connectivity index (χ0) is 13.9. The van der Waals surface area contributed by atoms with E-state index in [1.165, 1.54) is 22.6 Å². The van der Waals surface area contributed by atoms with Crippen molar-refractivity contribution in [3.63, 3.8) is 0 Å². The summed E-state index contributed by atoms with van der Waals surface area (Å²) in [4.78, 5) is 0. The van der Waals surface area contributed by atoms with Crippen molar-refractivity contribution in [2.75, 3.05) is 0 Å². The second-order valence-electron chi connectivity index (χ2n) is 3.74. The van der Waals surface area contributed by atoms with Crippen LogP contribution in [0.4, 0.5) is 30.7 Å². The molecule has 0 nitrogen and oxygen atoms in total. The predicted molar refractivity (Wildman–Crippen MR) is 57.9 cm³/mol. The zero-order valence-electron chi connectivity index (χ0n) is 8.93. The maximum Gasteiger partial charge on any atom is 0.431 e. The summed E-state index contributed by atoms with van der Waals surface area (Å²) in [6.45, 7) is 1.75. The standard InChI is InChI=1S/C9H12F7I/c1-2-3-4-6(17)5-7(10,8(11,12)13)9(14,15)16/h6H,2-5H2,1H3. The van der Waals surface area contributed by atoms with Gasteiger partial charge in [0.25, 0.3) is 5.67 Å². The minimum absolute atomic E-state index is 0.134. The number of rotatable bonds is 5. The highest BCUT2D eigenvalue weighted by molar-refractivity contribution is 14.1. The Labute approximate surface area is 108 Å². The van der Waals surface area contributed by atoms with Gasteiger partial charge in [0.1, 0.15) is 0 Å². The van der Waals surface area contributed by atoms with Gasteiger partial charge in [-0.15, -0.1) is 0 Å². The first-order chi connectivity index (χ1) is 7.45. The fourth-order valence-corrected chi connectivity index (χ4v) is 2.27.